The van der Waals surface area contributed by atoms with Crippen molar-refractivity contribution in [1.82, 2.24) is 0 Å². The Morgan fingerprint density at radius 2 is 2.17 bits per heavy atom. The molecule has 0 radical (unpaired) electrons. The molecule has 1 aliphatic rings. The number of hydrogen-bond acceptors (Lipinski definition) is 2. The van der Waals surface area contributed by atoms with E-state index in [0.717, 1.165) is 0 Å². The number of rotatable bonds is 0. The Labute approximate surface area is 73.3 Å². The summed E-state index contributed by atoms with van der Waals surface area (Å²) in [7, 11) is 0. The molecule has 2 heteroatoms. The van der Waals surface area contributed by atoms with Gasteiger partial charge in [0.25, 0.3) is 0 Å². The maximum absolute atomic E-state index is 11.4. The Bertz CT molecular complexity index is 226. The van der Waals surface area contributed by atoms with Gasteiger partial charge in [-0.1, -0.05) is 13.8 Å². The summed E-state index contributed by atoms with van der Waals surface area (Å²) in [6.45, 7) is 5.80. The number of aliphatic hydroxyl groups excluding tert-OH is 1. The van der Waals surface area contributed by atoms with E-state index in [4.69, 9.17) is 0 Å². The highest BCUT2D eigenvalue weighted by Crippen LogP contribution is 2.31. The molecule has 0 saturated carbocycles. The molecule has 0 heterocycles. The molecule has 1 unspecified atom stereocenters. The summed E-state index contributed by atoms with van der Waals surface area (Å²) in [6.07, 6.45) is 2.44. The second-order valence-corrected chi connectivity index (χ2v) is 4.39. The van der Waals surface area contributed by atoms with Gasteiger partial charge in [0.05, 0.1) is 6.10 Å². The lowest BCUT2D eigenvalue weighted by molar-refractivity contribution is -0.117. The smallest absolute Gasteiger partial charge is 0.158 e. The molecule has 1 aliphatic carbocycles. The average molecular weight is 168 g/mol. The zero-order chi connectivity index (χ0) is 9.35. The van der Waals surface area contributed by atoms with Crippen molar-refractivity contribution in [2.24, 2.45) is 5.41 Å². The third-order valence-electron chi connectivity index (χ3n) is 2.28. The molecule has 0 bridgehead atoms. The Kier molecular flexibility index (Phi) is 2.38. The second-order valence-electron chi connectivity index (χ2n) is 4.39. The molecule has 68 valence electrons. The molecule has 0 amide bonds. The first-order valence-corrected chi connectivity index (χ1v) is 4.30. The molecule has 12 heavy (non-hydrogen) atoms. The van der Waals surface area contributed by atoms with E-state index in [9.17, 15) is 9.90 Å². The first-order valence-electron chi connectivity index (χ1n) is 4.30. The van der Waals surface area contributed by atoms with Gasteiger partial charge >= 0.3 is 0 Å². The van der Waals surface area contributed by atoms with E-state index in [1.54, 1.807) is 13.0 Å². The van der Waals surface area contributed by atoms with Crippen molar-refractivity contribution in [1.29, 1.82) is 0 Å². The van der Waals surface area contributed by atoms with E-state index in [1.165, 1.54) is 0 Å². The number of aliphatic hydroxyl groups is 1. The van der Waals surface area contributed by atoms with Crippen molar-refractivity contribution >= 4 is 5.78 Å². The van der Waals surface area contributed by atoms with Crippen molar-refractivity contribution in [3.63, 3.8) is 0 Å². The molecule has 0 aromatic rings. The average Bonchev–Trinajstić information content (AvgIpc) is 1.89. The molecule has 1 N–H and O–H groups in total. The molecule has 1 atom stereocenters. The van der Waals surface area contributed by atoms with Crippen molar-refractivity contribution in [3.05, 3.63) is 11.6 Å². The van der Waals surface area contributed by atoms with Crippen LogP contribution in [-0.4, -0.2) is 17.0 Å². The Morgan fingerprint density at radius 3 is 2.75 bits per heavy atom. The number of hydrogen-bond donors (Lipinski definition) is 1. The molecular weight excluding hydrogens is 152 g/mol. The predicted molar refractivity (Wildman–Crippen MR) is 47.8 cm³/mol. The highest BCUT2D eigenvalue weighted by atomic mass is 16.3. The second kappa shape index (κ2) is 3.02. The SMILES string of the molecule is CC1=CC(O)CC(C)(C)CC1=O. The van der Waals surface area contributed by atoms with Crippen molar-refractivity contribution in [3.8, 4) is 0 Å². The summed E-state index contributed by atoms with van der Waals surface area (Å²) >= 11 is 0. The van der Waals surface area contributed by atoms with E-state index < -0.39 is 6.10 Å². The van der Waals surface area contributed by atoms with E-state index in [0.29, 0.717) is 18.4 Å². The minimum absolute atomic E-state index is 0.0647. The minimum Gasteiger partial charge on any atom is -0.389 e. The first kappa shape index (κ1) is 9.46. The monoisotopic (exact) mass is 168 g/mol. The van der Waals surface area contributed by atoms with E-state index in [-0.39, 0.29) is 11.2 Å². The maximum atomic E-state index is 11.4. The largest absolute Gasteiger partial charge is 0.389 e. The van der Waals surface area contributed by atoms with Crippen LogP contribution in [0.4, 0.5) is 0 Å². The quantitative estimate of drug-likeness (QED) is 0.597. The lowest BCUT2D eigenvalue weighted by Crippen LogP contribution is -2.19. The third kappa shape index (κ3) is 2.18. The highest BCUT2D eigenvalue weighted by molar-refractivity contribution is 5.95. The Morgan fingerprint density at radius 1 is 1.58 bits per heavy atom. The molecule has 0 aromatic heterocycles. The molecule has 0 saturated heterocycles. The van der Waals surface area contributed by atoms with Gasteiger partial charge in [-0.05, 0) is 30.4 Å². The van der Waals surface area contributed by atoms with Gasteiger partial charge in [0.2, 0.25) is 0 Å². The first-order chi connectivity index (χ1) is 5.41. The topological polar surface area (TPSA) is 37.3 Å². The number of ketones is 1. The van der Waals surface area contributed by atoms with Gasteiger partial charge in [-0.3, -0.25) is 4.79 Å². The van der Waals surface area contributed by atoms with Crippen LogP contribution in [0.1, 0.15) is 33.6 Å². The van der Waals surface area contributed by atoms with Crippen LogP contribution in [0, 0.1) is 5.41 Å². The summed E-state index contributed by atoms with van der Waals surface area (Å²) in [5, 5.41) is 9.48. The van der Waals surface area contributed by atoms with Crippen molar-refractivity contribution < 1.29 is 9.90 Å². The van der Waals surface area contributed by atoms with Crippen LogP contribution in [0.2, 0.25) is 0 Å². The third-order valence-corrected chi connectivity index (χ3v) is 2.28. The highest BCUT2D eigenvalue weighted by Gasteiger charge is 2.28. The zero-order valence-electron chi connectivity index (χ0n) is 7.92. The standard InChI is InChI=1S/C10H16O2/c1-7-4-8(11)5-10(2,3)6-9(7)12/h4,8,11H,5-6H2,1-3H3. The fourth-order valence-corrected chi connectivity index (χ4v) is 1.65. The van der Waals surface area contributed by atoms with Crippen LogP contribution in [0.15, 0.2) is 11.6 Å². The summed E-state index contributed by atoms with van der Waals surface area (Å²) < 4.78 is 0. The fraction of sp³-hybridized carbons (Fsp3) is 0.700. The van der Waals surface area contributed by atoms with Gasteiger partial charge in [-0.25, -0.2) is 0 Å². The minimum atomic E-state index is -0.452. The molecule has 0 fully saturated rings. The number of Topliss-reactive ketones (excluding diaryl/α,β-unsaturated/α-hetero) is 1. The number of carbonyl (C=O) groups excluding carboxylic acids is 1. The van der Waals surface area contributed by atoms with Crippen LogP contribution >= 0.6 is 0 Å². The van der Waals surface area contributed by atoms with Gasteiger partial charge in [-0.2, -0.15) is 0 Å². The Hall–Kier alpha value is -0.630. The van der Waals surface area contributed by atoms with E-state index in [2.05, 4.69) is 0 Å². The normalized spacial score (nSPS) is 29.5. The summed E-state index contributed by atoms with van der Waals surface area (Å²) in [4.78, 5) is 11.4. The van der Waals surface area contributed by atoms with Crippen LogP contribution in [0.25, 0.3) is 0 Å². The van der Waals surface area contributed by atoms with E-state index >= 15 is 0 Å². The molecule has 1 rings (SSSR count). The van der Waals surface area contributed by atoms with Crippen LogP contribution in [0.5, 0.6) is 0 Å². The number of allylic oxidation sites excluding steroid dienone is 1. The van der Waals surface area contributed by atoms with Crippen molar-refractivity contribution in [2.45, 2.75) is 39.7 Å². The van der Waals surface area contributed by atoms with Crippen LogP contribution < -0.4 is 0 Å². The van der Waals surface area contributed by atoms with Crippen LogP contribution in [-0.2, 0) is 4.79 Å². The van der Waals surface area contributed by atoms with Gasteiger partial charge in [0.15, 0.2) is 5.78 Å². The molecular formula is C10H16O2. The van der Waals surface area contributed by atoms with E-state index in [1.807, 2.05) is 13.8 Å². The zero-order valence-corrected chi connectivity index (χ0v) is 7.92. The summed E-state index contributed by atoms with van der Waals surface area (Å²) in [6, 6.07) is 0. The number of carbonyl (C=O) groups is 1. The van der Waals surface area contributed by atoms with Gasteiger partial charge < -0.3 is 5.11 Å². The molecule has 0 aliphatic heterocycles. The Balaban J connectivity index is 2.86. The molecule has 2 nitrogen and oxygen atoms in total. The lowest BCUT2D eigenvalue weighted by Gasteiger charge is -2.22. The predicted octanol–water partition coefficient (Wildman–Crippen LogP) is 1.68. The van der Waals surface area contributed by atoms with Crippen molar-refractivity contribution in [2.75, 3.05) is 0 Å². The molecule has 0 aromatic carbocycles. The van der Waals surface area contributed by atoms with Gasteiger partial charge in [0, 0.05) is 6.42 Å². The fourth-order valence-electron chi connectivity index (χ4n) is 1.65. The summed E-state index contributed by atoms with van der Waals surface area (Å²) in [5.41, 5.74) is 0.637. The maximum Gasteiger partial charge on any atom is 0.158 e. The van der Waals surface area contributed by atoms with Gasteiger partial charge in [0.1, 0.15) is 0 Å². The lowest BCUT2D eigenvalue weighted by atomic mass is 9.83. The summed E-state index contributed by atoms with van der Waals surface area (Å²) in [5.74, 6) is 0.163. The molecule has 0 spiro atoms. The van der Waals surface area contributed by atoms with Crippen LogP contribution in [0.3, 0.4) is 0 Å². The van der Waals surface area contributed by atoms with Gasteiger partial charge in [-0.15, -0.1) is 0 Å².